The molecule has 2 rings (SSSR count). The number of rotatable bonds is 5. The van der Waals surface area contributed by atoms with E-state index in [-0.39, 0.29) is 5.41 Å². The average molecular weight is 306 g/mol. The lowest BCUT2D eigenvalue weighted by molar-refractivity contribution is 0.561. The van der Waals surface area contributed by atoms with Crippen LogP contribution in [0.1, 0.15) is 51.1 Å². The SMILES string of the molecule is CCCc1[nH]nc(C(C)(C)C)c1CNc1cccc(Cl)c1. The van der Waals surface area contributed by atoms with Crippen LogP contribution in [0.25, 0.3) is 0 Å². The molecule has 0 radical (unpaired) electrons. The van der Waals surface area contributed by atoms with Gasteiger partial charge in [-0.1, -0.05) is 51.8 Å². The Morgan fingerprint density at radius 1 is 1.29 bits per heavy atom. The highest BCUT2D eigenvalue weighted by molar-refractivity contribution is 6.30. The van der Waals surface area contributed by atoms with Gasteiger partial charge in [-0.05, 0) is 24.6 Å². The van der Waals surface area contributed by atoms with E-state index >= 15 is 0 Å². The number of nitrogens with zero attached hydrogens (tertiary/aromatic N) is 1. The van der Waals surface area contributed by atoms with Crippen LogP contribution in [0.15, 0.2) is 24.3 Å². The Kier molecular flexibility index (Phi) is 4.94. The molecule has 114 valence electrons. The van der Waals surface area contributed by atoms with E-state index in [1.54, 1.807) is 0 Å². The molecule has 3 nitrogen and oxygen atoms in total. The number of hydrogen-bond donors (Lipinski definition) is 2. The summed E-state index contributed by atoms with van der Waals surface area (Å²) in [7, 11) is 0. The van der Waals surface area contributed by atoms with Gasteiger partial charge in [0.1, 0.15) is 0 Å². The number of benzene rings is 1. The number of halogens is 1. The van der Waals surface area contributed by atoms with Crippen LogP contribution >= 0.6 is 11.6 Å². The topological polar surface area (TPSA) is 40.7 Å². The quantitative estimate of drug-likeness (QED) is 0.822. The van der Waals surface area contributed by atoms with Gasteiger partial charge in [0, 0.05) is 33.9 Å². The van der Waals surface area contributed by atoms with Crippen molar-refractivity contribution in [2.75, 3.05) is 5.32 Å². The summed E-state index contributed by atoms with van der Waals surface area (Å²) in [6, 6.07) is 7.81. The third-order valence-corrected chi connectivity index (χ3v) is 3.69. The number of hydrogen-bond acceptors (Lipinski definition) is 2. The van der Waals surface area contributed by atoms with Crippen molar-refractivity contribution in [2.24, 2.45) is 0 Å². The van der Waals surface area contributed by atoms with Crippen molar-refractivity contribution in [2.45, 2.75) is 52.5 Å². The Hall–Kier alpha value is -1.48. The van der Waals surface area contributed by atoms with Gasteiger partial charge in [0.2, 0.25) is 0 Å². The molecule has 0 fully saturated rings. The Morgan fingerprint density at radius 2 is 2.05 bits per heavy atom. The van der Waals surface area contributed by atoms with E-state index in [1.807, 2.05) is 24.3 Å². The standard InChI is InChI=1S/C17H24ClN3/c1-5-7-15-14(16(21-20-15)17(2,3)4)11-19-13-9-6-8-12(18)10-13/h6,8-10,19H,5,7,11H2,1-4H3,(H,20,21). The molecule has 21 heavy (non-hydrogen) atoms. The lowest BCUT2D eigenvalue weighted by atomic mass is 9.88. The molecule has 2 aromatic rings. The zero-order valence-corrected chi connectivity index (χ0v) is 14.0. The number of nitrogens with one attached hydrogen (secondary N) is 2. The summed E-state index contributed by atoms with van der Waals surface area (Å²) >= 11 is 6.03. The minimum Gasteiger partial charge on any atom is -0.381 e. The maximum absolute atomic E-state index is 6.03. The van der Waals surface area contributed by atoms with Crippen LogP contribution in [0, 0.1) is 0 Å². The van der Waals surface area contributed by atoms with Crippen molar-refractivity contribution >= 4 is 17.3 Å². The highest BCUT2D eigenvalue weighted by atomic mass is 35.5. The molecule has 0 aliphatic carbocycles. The zero-order chi connectivity index (χ0) is 15.5. The summed E-state index contributed by atoms with van der Waals surface area (Å²) < 4.78 is 0. The first-order chi connectivity index (χ1) is 9.91. The molecule has 1 aromatic heterocycles. The summed E-state index contributed by atoms with van der Waals surface area (Å²) in [5.74, 6) is 0. The lowest BCUT2D eigenvalue weighted by Gasteiger charge is -2.18. The Labute approximate surface area is 132 Å². The van der Waals surface area contributed by atoms with Gasteiger partial charge in [-0.2, -0.15) is 5.10 Å². The van der Waals surface area contributed by atoms with E-state index in [9.17, 15) is 0 Å². The Morgan fingerprint density at radius 3 is 2.67 bits per heavy atom. The largest absolute Gasteiger partial charge is 0.381 e. The highest BCUT2D eigenvalue weighted by Gasteiger charge is 2.23. The number of aryl methyl sites for hydroxylation is 1. The normalized spacial score (nSPS) is 11.7. The fraction of sp³-hybridized carbons (Fsp3) is 0.471. The van der Waals surface area contributed by atoms with E-state index in [4.69, 9.17) is 11.6 Å². The number of aromatic amines is 1. The third kappa shape index (κ3) is 4.01. The smallest absolute Gasteiger partial charge is 0.0728 e. The first kappa shape index (κ1) is 15.9. The van der Waals surface area contributed by atoms with Crippen LogP contribution in [-0.4, -0.2) is 10.2 Å². The van der Waals surface area contributed by atoms with E-state index < -0.39 is 0 Å². The van der Waals surface area contributed by atoms with Gasteiger partial charge in [-0.25, -0.2) is 0 Å². The first-order valence-electron chi connectivity index (χ1n) is 7.48. The van der Waals surface area contributed by atoms with E-state index in [2.05, 4.69) is 43.2 Å². The van der Waals surface area contributed by atoms with Crippen molar-refractivity contribution in [1.82, 2.24) is 10.2 Å². The summed E-state index contributed by atoms with van der Waals surface area (Å²) in [6.45, 7) is 9.54. The minimum atomic E-state index is 0.0356. The molecule has 0 spiro atoms. The van der Waals surface area contributed by atoms with Crippen LogP contribution in [0.4, 0.5) is 5.69 Å². The fourth-order valence-corrected chi connectivity index (χ4v) is 2.65. The molecule has 0 saturated carbocycles. The molecule has 1 heterocycles. The molecule has 0 aliphatic heterocycles. The average Bonchev–Trinajstić information content (AvgIpc) is 2.80. The van der Waals surface area contributed by atoms with E-state index in [0.717, 1.165) is 35.8 Å². The van der Waals surface area contributed by atoms with Gasteiger partial charge in [0.25, 0.3) is 0 Å². The monoisotopic (exact) mass is 305 g/mol. The van der Waals surface area contributed by atoms with Gasteiger partial charge < -0.3 is 5.32 Å². The van der Waals surface area contributed by atoms with Crippen LogP contribution in [0.2, 0.25) is 5.02 Å². The number of anilines is 1. The third-order valence-electron chi connectivity index (χ3n) is 3.46. The van der Waals surface area contributed by atoms with Crippen molar-refractivity contribution in [3.8, 4) is 0 Å². The lowest BCUT2D eigenvalue weighted by Crippen LogP contribution is -2.16. The maximum atomic E-state index is 6.03. The van der Waals surface area contributed by atoms with Crippen molar-refractivity contribution in [3.05, 3.63) is 46.2 Å². The fourth-order valence-electron chi connectivity index (χ4n) is 2.46. The van der Waals surface area contributed by atoms with E-state index in [0.29, 0.717) is 0 Å². The van der Waals surface area contributed by atoms with Crippen LogP contribution in [0.3, 0.4) is 0 Å². The highest BCUT2D eigenvalue weighted by Crippen LogP contribution is 2.27. The first-order valence-corrected chi connectivity index (χ1v) is 7.85. The molecule has 1 aromatic carbocycles. The molecule has 0 bridgehead atoms. The minimum absolute atomic E-state index is 0.0356. The molecule has 0 amide bonds. The molecule has 2 N–H and O–H groups in total. The molecule has 0 aliphatic rings. The summed E-state index contributed by atoms with van der Waals surface area (Å²) in [5.41, 5.74) is 4.72. The van der Waals surface area contributed by atoms with Gasteiger partial charge >= 0.3 is 0 Å². The predicted octanol–water partition coefficient (Wildman–Crippen LogP) is 4.93. The van der Waals surface area contributed by atoms with Gasteiger partial charge in [0.05, 0.1) is 5.69 Å². The number of H-pyrrole nitrogens is 1. The van der Waals surface area contributed by atoms with Crippen molar-refractivity contribution in [3.63, 3.8) is 0 Å². The van der Waals surface area contributed by atoms with Gasteiger partial charge in [-0.15, -0.1) is 0 Å². The molecule has 0 atom stereocenters. The maximum Gasteiger partial charge on any atom is 0.0728 e. The molecule has 0 unspecified atom stereocenters. The van der Waals surface area contributed by atoms with Crippen LogP contribution < -0.4 is 5.32 Å². The molecule has 4 heteroatoms. The Balaban J connectivity index is 2.23. The molecule has 0 saturated heterocycles. The second-order valence-corrected chi connectivity index (χ2v) is 6.83. The summed E-state index contributed by atoms with van der Waals surface area (Å²) in [5, 5.41) is 12.0. The van der Waals surface area contributed by atoms with Gasteiger partial charge in [-0.3, -0.25) is 5.10 Å². The van der Waals surface area contributed by atoms with E-state index in [1.165, 1.54) is 11.3 Å². The second kappa shape index (κ2) is 6.52. The second-order valence-electron chi connectivity index (χ2n) is 6.39. The van der Waals surface area contributed by atoms with Crippen LogP contribution in [0.5, 0.6) is 0 Å². The predicted molar refractivity (Wildman–Crippen MR) is 90.1 cm³/mol. The number of aromatic nitrogens is 2. The molecular formula is C17H24ClN3. The summed E-state index contributed by atoms with van der Waals surface area (Å²) in [4.78, 5) is 0. The van der Waals surface area contributed by atoms with Crippen LogP contribution in [-0.2, 0) is 18.4 Å². The summed E-state index contributed by atoms with van der Waals surface area (Å²) in [6.07, 6.45) is 2.13. The Bertz CT molecular complexity index is 596. The zero-order valence-electron chi connectivity index (χ0n) is 13.3. The van der Waals surface area contributed by atoms with Crippen molar-refractivity contribution < 1.29 is 0 Å². The van der Waals surface area contributed by atoms with Crippen molar-refractivity contribution in [1.29, 1.82) is 0 Å². The van der Waals surface area contributed by atoms with Gasteiger partial charge in [0.15, 0.2) is 0 Å². The molecular weight excluding hydrogens is 282 g/mol.